The van der Waals surface area contributed by atoms with Crippen LogP contribution in [0.15, 0.2) is 18.2 Å². The molecule has 0 saturated heterocycles. The van der Waals surface area contributed by atoms with Gasteiger partial charge in [-0.25, -0.2) is 0 Å². The molecule has 6 heteroatoms. The van der Waals surface area contributed by atoms with Crippen molar-refractivity contribution in [2.24, 2.45) is 5.73 Å². The zero-order valence-corrected chi connectivity index (χ0v) is 14.5. The minimum atomic E-state index is -0.544. The molecule has 2 aromatic rings. The van der Waals surface area contributed by atoms with Crippen molar-refractivity contribution in [1.82, 2.24) is 0 Å². The van der Waals surface area contributed by atoms with E-state index in [2.05, 4.69) is 5.32 Å². The van der Waals surface area contributed by atoms with Gasteiger partial charge in [0, 0.05) is 4.88 Å². The zero-order valence-electron chi connectivity index (χ0n) is 13.6. The minimum absolute atomic E-state index is 0.126. The first-order valence-electron chi connectivity index (χ1n) is 7.20. The molecular formula is C17H20N2O3S. The molecule has 0 radical (unpaired) electrons. The predicted molar refractivity (Wildman–Crippen MR) is 92.4 cm³/mol. The van der Waals surface area contributed by atoms with Gasteiger partial charge in [-0.15, -0.1) is 11.3 Å². The number of hydrogen-bond donors (Lipinski definition) is 2. The molecule has 0 aliphatic carbocycles. The highest BCUT2D eigenvalue weighted by Crippen LogP contribution is 2.32. The predicted octanol–water partition coefficient (Wildman–Crippen LogP) is 3.10. The summed E-state index contributed by atoms with van der Waals surface area (Å²) in [5.74, 6) is -0.193. The Morgan fingerprint density at radius 1 is 1.17 bits per heavy atom. The number of ether oxygens (including phenoxy) is 1. The molecule has 0 aliphatic rings. The largest absolute Gasteiger partial charge is 0.483 e. The third-order valence-corrected chi connectivity index (χ3v) is 4.92. The van der Waals surface area contributed by atoms with Gasteiger partial charge in [0.15, 0.2) is 6.61 Å². The summed E-state index contributed by atoms with van der Waals surface area (Å²) in [6.07, 6.45) is 0. The first kappa shape index (κ1) is 17.0. The van der Waals surface area contributed by atoms with Crippen molar-refractivity contribution >= 4 is 28.2 Å². The van der Waals surface area contributed by atoms with E-state index in [0.29, 0.717) is 16.3 Å². The van der Waals surface area contributed by atoms with E-state index in [-0.39, 0.29) is 12.5 Å². The molecule has 0 unspecified atom stereocenters. The normalized spacial score (nSPS) is 10.4. The Labute approximate surface area is 139 Å². The summed E-state index contributed by atoms with van der Waals surface area (Å²) < 4.78 is 5.57. The lowest BCUT2D eigenvalue weighted by atomic mass is 10.1. The lowest BCUT2D eigenvalue weighted by molar-refractivity contribution is -0.118. The molecule has 5 nitrogen and oxygen atoms in total. The van der Waals surface area contributed by atoms with E-state index < -0.39 is 5.91 Å². The van der Waals surface area contributed by atoms with Gasteiger partial charge >= 0.3 is 0 Å². The standard InChI is InChI=1S/C17H20N2O3S/c1-9-6-5-7-13(10(9)2)22-8-14(20)19-17-15(16(18)21)11(3)12(4)23-17/h5-7H,8H2,1-4H3,(H2,18,21)(H,19,20). The van der Waals surface area contributed by atoms with Gasteiger partial charge in [0.2, 0.25) is 0 Å². The number of carbonyl (C=O) groups excluding carboxylic acids is 2. The van der Waals surface area contributed by atoms with E-state index in [9.17, 15) is 9.59 Å². The fourth-order valence-corrected chi connectivity index (χ4v) is 3.28. The first-order chi connectivity index (χ1) is 10.8. The Balaban J connectivity index is 2.07. The van der Waals surface area contributed by atoms with Crippen LogP contribution in [0.3, 0.4) is 0 Å². The zero-order chi connectivity index (χ0) is 17.1. The van der Waals surface area contributed by atoms with Crippen molar-refractivity contribution in [1.29, 1.82) is 0 Å². The summed E-state index contributed by atoms with van der Waals surface area (Å²) in [6.45, 7) is 7.50. The van der Waals surface area contributed by atoms with Crippen LogP contribution >= 0.6 is 11.3 Å². The summed E-state index contributed by atoms with van der Waals surface area (Å²) in [5.41, 5.74) is 8.66. The Morgan fingerprint density at radius 2 is 1.87 bits per heavy atom. The first-order valence-corrected chi connectivity index (χ1v) is 8.01. The molecular weight excluding hydrogens is 312 g/mol. The van der Waals surface area contributed by atoms with Crippen LogP contribution in [0.25, 0.3) is 0 Å². The summed E-state index contributed by atoms with van der Waals surface area (Å²) in [5, 5.41) is 3.19. The van der Waals surface area contributed by atoms with Crippen molar-refractivity contribution in [3.05, 3.63) is 45.3 Å². The molecule has 122 valence electrons. The van der Waals surface area contributed by atoms with Gasteiger partial charge in [0.05, 0.1) is 5.56 Å². The van der Waals surface area contributed by atoms with Gasteiger partial charge in [-0.2, -0.15) is 0 Å². The number of hydrogen-bond acceptors (Lipinski definition) is 4. The second kappa shape index (κ2) is 6.83. The number of anilines is 1. The van der Waals surface area contributed by atoms with Crippen molar-refractivity contribution < 1.29 is 14.3 Å². The summed E-state index contributed by atoms with van der Waals surface area (Å²) in [6, 6.07) is 5.69. The van der Waals surface area contributed by atoms with Crippen molar-refractivity contribution in [3.63, 3.8) is 0 Å². The molecule has 0 fully saturated rings. The third-order valence-electron chi connectivity index (χ3n) is 3.80. The van der Waals surface area contributed by atoms with Crippen LogP contribution in [0.2, 0.25) is 0 Å². The Hall–Kier alpha value is -2.34. The maximum absolute atomic E-state index is 12.1. The summed E-state index contributed by atoms with van der Waals surface area (Å²) in [4.78, 5) is 24.6. The molecule has 0 spiro atoms. The average molecular weight is 332 g/mol. The molecule has 1 aromatic carbocycles. The lowest BCUT2D eigenvalue weighted by Crippen LogP contribution is -2.22. The van der Waals surface area contributed by atoms with E-state index in [1.165, 1.54) is 11.3 Å². The number of aryl methyl sites for hydroxylation is 2. The fourth-order valence-electron chi connectivity index (χ4n) is 2.20. The quantitative estimate of drug-likeness (QED) is 0.883. The van der Waals surface area contributed by atoms with Crippen LogP contribution in [-0.2, 0) is 4.79 Å². The number of nitrogens with two attached hydrogens (primary N) is 1. The van der Waals surface area contributed by atoms with Crippen LogP contribution < -0.4 is 15.8 Å². The number of nitrogens with one attached hydrogen (secondary N) is 1. The van der Waals surface area contributed by atoms with Crippen molar-refractivity contribution in [2.75, 3.05) is 11.9 Å². The molecule has 0 saturated carbocycles. The minimum Gasteiger partial charge on any atom is -0.483 e. The molecule has 23 heavy (non-hydrogen) atoms. The smallest absolute Gasteiger partial charge is 0.262 e. The summed E-state index contributed by atoms with van der Waals surface area (Å²) >= 11 is 1.34. The van der Waals surface area contributed by atoms with Crippen LogP contribution in [0, 0.1) is 27.7 Å². The molecule has 2 rings (SSSR count). The highest BCUT2D eigenvalue weighted by atomic mass is 32.1. The molecule has 0 atom stereocenters. The number of amides is 2. The fraction of sp³-hybridized carbons (Fsp3) is 0.294. The van der Waals surface area contributed by atoms with E-state index >= 15 is 0 Å². The molecule has 0 bridgehead atoms. The topological polar surface area (TPSA) is 81.4 Å². The van der Waals surface area contributed by atoms with Gasteiger partial charge in [0.25, 0.3) is 11.8 Å². The van der Waals surface area contributed by atoms with E-state index in [4.69, 9.17) is 10.5 Å². The van der Waals surface area contributed by atoms with Gasteiger partial charge in [0.1, 0.15) is 10.8 Å². The van der Waals surface area contributed by atoms with E-state index in [1.54, 1.807) is 0 Å². The SMILES string of the molecule is Cc1cccc(OCC(=O)Nc2sc(C)c(C)c2C(N)=O)c1C. The van der Waals surface area contributed by atoms with Gasteiger partial charge in [-0.1, -0.05) is 12.1 Å². The number of primary amides is 1. The molecule has 1 aromatic heterocycles. The molecule has 3 N–H and O–H groups in total. The maximum atomic E-state index is 12.1. The summed E-state index contributed by atoms with van der Waals surface area (Å²) in [7, 11) is 0. The van der Waals surface area contributed by atoms with Crippen molar-refractivity contribution in [2.45, 2.75) is 27.7 Å². The van der Waals surface area contributed by atoms with Crippen molar-refractivity contribution in [3.8, 4) is 5.75 Å². The van der Waals surface area contributed by atoms with Gasteiger partial charge in [-0.3, -0.25) is 9.59 Å². The highest BCUT2D eigenvalue weighted by molar-refractivity contribution is 7.16. The lowest BCUT2D eigenvalue weighted by Gasteiger charge is -2.11. The van der Waals surface area contributed by atoms with E-state index in [0.717, 1.165) is 21.6 Å². The Morgan fingerprint density at radius 3 is 2.52 bits per heavy atom. The van der Waals surface area contributed by atoms with Crippen LogP contribution in [0.1, 0.15) is 31.9 Å². The van der Waals surface area contributed by atoms with Crippen LogP contribution in [0.4, 0.5) is 5.00 Å². The van der Waals surface area contributed by atoms with Gasteiger partial charge < -0.3 is 15.8 Å². The number of benzene rings is 1. The van der Waals surface area contributed by atoms with E-state index in [1.807, 2.05) is 45.9 Å². The maximum Gasteiger partial charge on any atom is 0.262 e. The molecule has 0 aliphatic heterocycles. The Kier molecular flexibility index (Phi) is 5.05. The number of carbonyl (C=O) groups is 2. The average Bonchev–Trinajstić information content (AvgIpc) is 2.75. The van der Waals surface area contributed by atoms with Crippen LogP contribution in [0.5, 0.6) is 5.75 Å². The Bertz CT molecular complexity index is 765. The monoisotopic (exact) mass is 332 g/mol. The highest BCUT2D eigenvalue weighted by Gasteiger charge is 2.19. The second-order valence-electron chi connectivity index (χ2n) is 5.39. The number of rotatable bonds is 5. The molecule has 2 amide bonds. The number of thiophene rings is 1. The third kappa shape index (κ3) is 3.71. The van der Waals surface area contributed by atoms with Crippen LogP contribution in [-0.4, -0.2) is 18.4 Å². The second-order valence-corrected chi connectivity index (χ2v) is 6.61. The van der Waals surface area contributed by atoms with Gasteiger partial charge in [-0.05, 0) is 50.5 Å². The molecule has 1 heterocycles.